The van der Waals surface area contributed by atoms with E-state index in [0.29, 0.717) is 30.0 Å². The molecule has 9 heteroatoms. The van der Waals surface area contributed by atoms with Crippen LogP contribution in [0.25, 0.3) is 10.2 Å². The van der Waals surface area contributed by atoms with Crippen molar-refractivity contribution in [3.8, 4) is 0 Å². The molecule has 1 amide bonds. The number of carbonyl (C=O) groups excluding carboxylic acids is 1. The van der Waals surface area contributed by atoms with Crippen molar-refractivity contribution in [2.24, 2.45) is 4.99 Å². The van der Waals surface area contributed by atoms with Gasteiger partial charge in [0.1, 0.15) is 0 Å². The lowest BCUT2D eigenvalue weighted by molar-refractivity contribution is -0.0440. The Morgan fingerprint density at radius 2 is 1.67 bits per heavy atom. The summed E-state index contributed by atoms with van der Waals surface area (Å²) in [5, 5.41) is 0. The Morgan fingerprint density at radius 3 is 2.27 bits per heavy atom. The van der Waals surface area contributed by atoms with Gasteiger partial charge in [0.15, 0.2) is 4.80 Å². The van der Waals surface area contributed by atoms with Crippen molar-refractivity contribution >= 4 is 37.5 Å². The lowest BCUT2D eigenvalue weighted by Gasteiger charge is -2.34. The highest BCUT2D eigenvalue weighted by molar-refractivity contribution is 7.89. The molecule has 1 aliphatic heterocycles. The van der Waals surface area contributed by atoms with Gasteiger partial charge in [0, 0.05) is 25.2 Å². The van der Waals surface area contributed by atoms with E-state index in [-0.39, 0.29) is 17.1 Å². The number of hydrogen-bond acceptors (Lipinski definition) is 5. The van der Waals surface area contributed by atoms with Gasteiger partial charge in [-0.2, -0.15) is 9.30 Å². The van der Waals surface area contributed by atoms with E-state index in [4.69, 9.17) is 4.74 Å². The summed E-state index contributed by atoms with van der Waals surface area (Å²) < 4.78 is 36.4. The number of aryl methyl sites for hydroxylation is 3. The molecule has 2 unspecified atom stereocenters. The summed E-state index contributed by atoms with van der Waals surface area (Å²) in [6.07, 6.45) is -0.330. The third-order valence-corrected chi connectivity index (χ3v) is 8.92. The summed E-state index contributed by atoms with van der Waals surface area (Å²) in [7, 11) is -3.66. The Labute approximate surface area is 198 Å². The molecule has 0 bridgehead atoms. The van der Waals surface area contributed by atoms with E-state index >= 15 is 0 Å². The first kappa shape index (κ1) is 23.8. The molecular weight excluding hydrogens is 458 g/mol. The van der Waals surface area contributed by atoms with Crippen LogP contribution < -0.4 is 4.80 Å². The van der Waals surface area contributed by atoms with Crippen molar-refractivity contribution in [3.05, 3.63) is 57.9 Å². The molecule has 1 aliphatic rings. The van der Waals surface area contributed by atoms with Crippen LogP contribution >= 0.6 is 11.3 Å². The van der Waals surface area contributed by atoms with Crippen molar-refractivity contribution in [1.82, 2.24) is 8.87 Å². The van der Waals surface area contributed by atoms with E-state index in [1.165, 1.54) is 39.9 Å². The van der Waals surface area contributed by atoms with Gasteiger partial charge in [0.05, 0.1) is 27.3 Å². The van der Waals surface area contributed by atoms with E-state index < -0.39 is 15.9 Å². The van der Waals surface area contributed by atoms with Crippen molar-refractivity contribution in [1.29, 1.82) is 0 Å². The van der Waals surface area contributed by atoms with E-state index in [0.717, 1.165) is 21.3 Å². The van der Waals surface area contributed by atoms with Crippen LogP contribution in [0.4, 0.5) is 0 Å². The summed E-state index contributed by atoms with van der Waals surface area (Å²) in [4.78, 5) is 18.1. The predicted octanol–water partition coefficient (Wildman–Crippen LogP) is 3.88. The van der Waals surface area contributed by atoms with Crippen molar-refractivity contribution in [2.75, 3.05) is 13.1 Å². The molecule has 176 valence electrons. The zero-order valence-corrected chi connectivity index (χ0v) is 21.2. The molecule has 1 saturated heterocycles. The third-order valence-electron chi connectivity index (χ3n) is 5.86. The van der Waals surface area contributed by atoms with Crippen LogP contribution in [-0.2, 0) is 21.3 Å². The van der Waals surface area contributed by atoms with Crippen LogP contribution in [0.5, 0.6) is 0 Å². The molecular formula is C24H29N3O4S2. The fourth-order valence-electron chi connectivity index (χ4n) is 4.25. The molecule has 2 heterocycles. The highest BCUT2D eigenvalue weighted by Crippen LogP contribution is 2.25. The number of thiazole rings is 1. The Balaban J connectivity index is 1.65. The van der Waals surface area contributed by atoms with Crippen molar-refractivity contribution in [3.63, 3.8) is 0 Å². The summed E-state index contributed by atoms with van der Waals surface area (Å²) in [6, 6.07) is 10.2. The number of ether oxygens (including phenoxy) is 1. The van der Waals surface area contributed by atoms with Crippen LogP contribution in [0.3, 0.4) is 0 Å². The van der Waals surface area contributed by atoms with Crippen molar-refractivity contribution in [2.45, 2.75) is 58.3 Å². The van der Waals surface area contributed by atoms with Crippen LogP contribution in [0.15, 0.2) is 46.3 Å². The van der Waals surface area contributed by atoms with Gasteiger partial charge >= 0.3 is 0 Å². The van der Waals surface area contributed by atoms with Gasteiger partial charge in [-0.3, -0.25) is 4.79 Å². The van der Waals surface area contributed by atoms with Gasteiger partial charge in [0.25, 0.3) is 5.91 Å². The summed E-state index contributed by atoms with van der Waals surface area (Å²) in [5.74, 6) is -0.392. The quantitative estimate of drug-likeness (QED) is 0.559. The molecule has 2 atom stereocenters. The average molecular weight is 488 g/mol. The number of carbonyl (C=O) groups is 1. The van der Waals surface area contributed by atoms with Crippen LogP contribution in [0.1, 0.15) is 42.3 Å². The summed E-state index contributed by atoms with van der Waals surface area (Å²) in [6.45, 7) is 11.2. The topological polar surface area (TPSA) is 81.0 Å². The Kier molecular flexibility index (Phi) is 6.59. The number of amides is 1. The largest absolute Gasteiger partial charge is 0.373 e. The maximum Gasteiger partial charge on any atom is 0.279 e. The molecule has 7 nitrogen and oxygen atoms in total. The molecule has 4 rings (SSSR count). The number of morpholine rings is 1. The zero-order chi connectivity index (χ0) is 23.9. The second-order valence-corrected chi connectivity index (χ2v) is 11.4. The van der Waals surface area contributed by atoms with Gasteiger partial charge in [-0.1, -0.05) is 23.5 Å². The standard InChI is InChI=1S/C24H29N3O4S2/c1-6-27-21-15(2)7-8-16(3)22(21)32-24(27)25-23(28)19-9-11-20(12-10-19)33(29,30)26-13-17(4)31-18(5)14-26/h7-12,17-18H,6,13-14H2,1-5H3. The first-order valence-corrected chi connectivity index (χ1v) is 13.3. The van der Waals surface area contributed by atoms with Gasteiger partial charge in [-0.25, -0.2) is 8.42 Å². The van der Waals surface area contributed by atoms with Crippen LogP contribution in [0, 0.1) is 13.8 Å². The Hall–Kier alpha value is -2.33. The second-order valence-electron chi connectivity index (χ2n) is 8.53. The monoisotopic (exact) mass is 487 g/mol. The number of hydrogen-bond donors (Lipinski definition) is 0. The van der Waals surface area contributed by atoms with Crippen LogP contribution in [-0.4, -0.2) is 48.5 Å². The lowest BCUT2D eigenvalue weighted by Crippen LogP contribution is -2.48. The van der Waals surface area contributed by atoms with E-state index in [9.17, 15) is 13.2 Å². The lowest BCUT2D eigenvalue weighted by atomic mass is 10.1. The summed E-state index contributed by atoms with van der Waals surface area (Å²) >= 11 is 1.50. The predicted molar refractivity (Wildman–Crippen MR) is 130 cm³/mol. The maximum absolute atomic E-state index is 13.1. The second kappa shape index (κ2) is 9.13. The smallest absolute Gasteiger partial charge is 0.279 e. The molecule has 0 radical (unpaired) electrons. The first-order valence-electron chi connectivity index (χ1n) is 11.1. The number of rotatable bonds is 4. The molecule has 0 saturated carbocycles. The van der Waals surface area contributed by atoms with E-state index in [2.05, 4.69) is 35.5 Å². The number of nitrogens with zero attached hydrogens (tertiary/aromatic N) is 3. The molecule has 3 aromatic rings. The van der Waals surface area contributed by atoms with Gasteiger partial charge in [-0.05, 0) is 70.0 Å². The third kappa shape index (κ3) is 4.55. The Morgan fingerprint density at radius 1 is 1.06 bits per heavy atom. The SMILES string of the molecule is CCn1c(=NC(=O)c2ccc(S(=O)(=O)N3CC(C)OC(C)C3)cc2)sc2c(C)ccc(C)c21. The van der Waals surface area contributed by atoms with Crippen LogP contribution in [0.2, 0.25) is 0 Å². The average Bonchev–Trinajstić information content (AvgIpc) is 3.15. The number of benzene rings is 2. The van der Waals surface area contributed by atoms with E-state index in [1.807, 2.05) is 20.8 Å². The Bertz CT molecular complexity index is 1360. The number of fused-ring (bicyclic) bond motifs is 1. The fourth-order valence-corrected chi connectivity index (χ4v) is 7.08. The molecule has 0 aliphatic carbocycles. The number of aromatic nitrogens is 1. The molecule has 1 aromatic heterocycles. The molecule has 33 heavy (non-hydrogen) atoms. The van der Waals surface area contributed by atoms with Gasteiger partial charge in [0.2, 0.25) is 10.0 Å². The minimum atomic E-state index is -3.66. The first-order chi connectivity index (χ1) is 15.6. The highest BCUT2D eigenvalue weighted by Gasteiger charge is 2.32. The van der Waals surface area contributed by atoms with Gasteiger partial charge in [-0.15, -0.1) is 0 Å². The van der Waals surface area contributed by atoms with Gasteiger partial charge < -0.3 is 9.30 Å². The molecule has 0 spiro atoms. The molecule has 0 N–H and O–H groups in total. The maximum atomic E-state index is 13.1. The van der Waals surface area contributed by atoms with E-state index in [1.54, 1.807) is 0 Å². The molecule has 2 aromatic carbocycles. The van der Waals surface area contributed by atoms with Crippen molar-refractivity contribution < 1.29 is 17.9 Å². The minimum absolute atomic E-state index is 0.164. The zero-order valence-electron chi connectivity index (χ0n) is 19.5. The summed E-state index contributed by atoms with van der Waals surface area (Å²) in [5.41, 5.74) is 3.75. The number of sulfonamides is 1. The normalized spacial score (nSPS) is 20.5. The fraction of sp³-hybridized carbons (Fsp3) is 0.417. The highest BCUT2D eigenvalue weighted by atomic mass is 32.2. The molecule has 1 fully saturated rings. The minimum Gasteiger partial charge on any atom is -0.373 e.